The lowest BCUT2D eigenvalue weighted by Crippen LogP contribution is -2.22. The summed E-state index contributed by atoms with van der Waals surface area (Å²) in [7, 11) is 0. The number of halogens is 1. The number of carbonyl (C=O) groups excluding carboxylic acids is 1. The fraction of sp³-hybridized carbons (Fsp3) is 0.211. The molecule has 5 nitrogen and oxygen atoms in total. The summed E-state index contributed by atoms with van der Waals surface area (Å²) in [5.41, 5.74) is 1.76. The van der Waals surface area contributed by atoms with Crippen molar-refractivity contribution in [2.45, 2.75) is 28.0 Å². The molecule has 2 aromatic carbocycles. The first-order valence-corrected chi connectivity index (χ1v) is 11.4. The van der Waals surface area contributed by atoms with Gasteiger partial charge < -0.3 is 10.6 Å². The van der Waals surface area contributed by atoms with E-state index in [9.17, 15) is 9.18 Å². The number of nitrogens with zero attached hydrogens (tertiary/aromatic N) is 2. The van der Waals surface area contributed by atoms with Crippen molar-refractivity contribution in [3.8, 4) is 0 Å². The third-order valence-electron chi connectivity index (χ3n) is 3.78. The Morgan fingerprint density at radius 3 is 2.68 bits per heavy atom. The van der Waals surface area contributed by atoms with Gasteiger partial charge >= 0.3 is 0 Å². The van der Waals surface area contributed by atoms with Crippen LogP contribution in [0.15, 0.2) is 57.8 Å². The average Bonchev–Trinajstić information content (AvgIpc) is 3.15. The molecule has 1 unspecified atom stereocenters. The maximum absolute atomic E-state index is 12.9. The van der Waals surface area contributed by atoms with Crippen molar-refractivity contribution < 1.29 is 9.18 Å². The second-order valence-electron chi connectivity index (χ2n) is 5.80. The SMILES string of the molecule is CSc1ccccc1NC(=O)C(C)Sc1nnc(NCc2ccc(F)cc2)s1. The Morgan fingerprint density at radius 1 is 1.18 bits per heavy atom. The quantitative estimate of drug-likeness (QED) is 0.479. The molecule has 0 aliphatic carbocycles. The summed E-state index contributed by atoms with van der Waals surface area (Å²) in [6, 6.07) is 14.0. The predicted molar refractivity (Wildman–Crippen MR) is 116 cm³/mol. The summed E-state index contributed by atoms with van der Waals surface area (Å²) < 4.78 is 13.7. The van der Waals surface area contributed by atoms with Crippen molar-refractivity contribution in [1.29, 1.82) is 0 Å². The molecule has 0 saturated carbocycles. The van der Waals surface area contributed by atoms with Crippen molar-refractivity contribution in [2.75, 3.05) is 16.9 Å². The molecule has 3 aromatic rings. The fourth-order valence-corrected chi connectivity index (χ4v) is 4.74. The molecule has 0 fully saturated rings. The van der Waals surface area contributed by atoms with Crippen LogP contribution >= 0.6 is 34.9 Å². The standard InChI is InChI=1S/C19H19FN4OS3/c1-12(17(25)22-15-5-3-4-6-16(15)26-2)27-19-24-23-18(28-19)21-11-13-7-9-14(20)10-8-13/h3-10,12H,11H2,1-2H3,(H,21,23)(H,22,25). The monoisotopic (exact) mass is 434 g/mol. The van der Waals surface area contributed by atoms with Crippen molar-refractivity contribution in [1.82, 2.24) is 10.2 Å². The molecule has 0 bridgehead atoms. The largest absolute Gasteiger partial charge is 0.356 e. The second kappa shape index (κ2) is 9.90. The van der Waals surface area contributed by atoms with E-state index in [0.29, 0.717) is 16.0 Å². The van der Waals surface area contributed by atoms with Gasteiger partial charge in [0.2, 0.25) is 11.0 Å². The normalized spacial score (nSPS) is 11.8. The molecule has 9 heteroatoms. The highest BCUT2D eigenvalue weighted by atomic mass is 32.2. The van der Waals surface area contributed by atoms with Crippen molar-refractivity contribution in [3.63, 3.8) is 0 Å². The zero-order chi connectivity index (χ0) is 19.9. The highest BCUT2D eigenvalue weighted by Crippen LogP contribution is 2.31. The summed E-state index contributed by atoms with van der Waals surface area (Å²) in [6.07, 6.45) is 1.98. The van der Waals surface area contributed by atoms with Crippen LogP contribution in [-0.2, 0) is 11.3 Å². The molecule has 1 atom stereocenters. The molecule has 0 aliphatic heterocycles. The summed E-state index contributed by atoms with van der Waals surface area (Å²) in [4.78, 5) is 13.5. The topological polar surface area (TPSA) is 66.9 Å². The van der Waals surface area contributed by atoms with E-state index in [-0.39, 0.29) is 17.0 Å². The number of carbonyl (C=O) groups is 1. The van der Waals surface area contributed by atoms with Crippen molar-refractivity contribution >= 4 is 51.6 Å². The molecule has 146 valence electrons. The van der Waals surface area contributed by atoms with Crippen LogP contribution in [0.5, 0.6) is 0 Å². The van der Waals surface area contributed by atoms with Crippen molar-refractivity contribution in [2.24, 2.45) is 0 Å². The van der Waals surface area contributed by atoms with E-state index in [1.165, 1.54) is 35.2 Å². The van der Waals surface area contributed by atoms with Crippen LogP contribution in [-0.4, -0.2) is 27.6 Å². The maximum atomic E-state index is 12.9. The van der Waals surface area contributed by atoms with Gasteiger partial charge in [-0.15, -0.1) is 22.0 Å². The minimum atomic E-state index is -0.312. The third-order valence-corrected chi connectivity index (χ3v) is 6.64. The predicted octanol–water partition coefficient (Wildman–Crippen LogP) is 5.13. The fourth-order valence-electron chi connectivity index (χ4n) is 2.30. The Hall–Kier alpha value is -2.10. The number of nitrogens with one attached hydrogen (secondary N) is 2. The number of aromatic nitrogens is 2. The first-order valence-electron chi connectivity index (χ1n) is 8.47. The van der Waals surface area contributed by atoms with Gasteiger partial charge in [-0.2, -0.15) is 0 Å². The Kier molecular flexibility index (Phi) is 7.30. The van der Waals surface area contributed by atoms with Crippen LogP contribution in [0.1, 0.15) is 12.5 Å². The minimum absolute atomic E-state index is 0.0810. The van der Waals surface area contributed by atoms with E-state index in [1.54, 1.807) is 23.9 Å². The molecule has 0 aliphatic rings. The molecule has 1 heterocycles. The van der Waals surface area contributed by atoms with Crippen LogP contribution in [0.2, 0.25) is 0 Å². The molecule has 1 amide bonds. The number of anilines is 2. The van der Waals surface area contributed by atoms with E-state index >= 15 is 0 Å². The second-order valence-corrected chi connectivity index (χ2v) is 9.22. The number of rotatable bonds is 8. The number of para-hydroxylation sites is 1. The van der Waals surface area contributed by atoms with Gasteiger partial charge in [0, 0.05) is 11.4 Å². The van der Waals surface area contributed by atoms with Crippen LogP contribution in [0.4, 0.5) is 15.2 Å². The van der Waals surface area contributed by atoms with Gasteiger partial charge in [0.05, 0.1) is 10.9 Å². The lowest BCUT2D eigenvalue weighted by Gasteiger charge is -2.12. The van der Waals surface area contributed by atoms with E-state index in [2.05, 4.69) is 20.8 Å². The molecule has 0 saturated heterocycles. The maximum Gasteiger partial charge on any atom is 0.237 e. The average molecular weight is 435 g/mol. The van der Waals surface area contributed by atoms with Crippen LogP contribution < -0.4 is 10.6 Å². The van der Waals surface area contributed by atoms with E-state index in [1.807, 2.05) is 37.4 Å². The first-order chi connectivity index (χ1) is 13.5. The number of hydrogen-bond donors (Lipinski definition) is 2. The molecule has 2 N–H and O–H groups in total. The lowest BCUT2D eigenvalue weighted by molar-refractivity contribution is -0.115. The lowest BCUT2D eigenvalue weighted by atomic mass is 10.2. The molecule has 28 heavy (non-hydrogen) atoms. The Morgan fingerprint density at radius 2 is 1.93 bits per heavy atom. The van der Waals surface area contributed by atoms with Gasteiger partial charge in [-0.05, 0) is 43.0 Å². The third kappa shape index (κ3) is 5.70. The zero-order valence-electron chi connectivity index (χ0n) is 15.3. The molecule has 0 spiro atoms. The summed E-state index contributed by atoms with van der Waals surface area (Å²) in [5, 5.41) is 14.7. The number of amides is 1. The van der Waals surface area contributed by atoms with Crippen LogP contribution in [0, 0.1) is 5.82 Å². The highest BCUT2D eigenvalue weighted by molar-refractivity contribution is 8.02. The van der Waals surface area contributed by atoms with E-state index in [4.69, 9.17) is 0 Å². The van der Waals surface area contributed by atoms with E-state index in [0.717, 1.165) is 16.1 Å². The Labute approximate surface area is 175 Å². The number of hydrogen-bond acceptors (Lipinski definition) is 7. The smallest absolute Gasteiger partial charge is 0.237 e. The highest BCUT2D eigenvalue weighted by Gasteiger charge is 2.18. The van der Waals surface area contributed by atoms with Crippen LogP contribution in [0.25, 0.3) is 0 Å². The van der Waals surface area contributed by atoms with Crippen molar-refractivity contribution in [3.05, 3.63) is 59.9 Å². The van der Waals surface area contributed by atoms with E-state index < -0.39 is 0 Å². The summed E-state index contributed by atoms with van der Waals surface area (Å²) in [6.45, 7) is 2.37. The minimum Gasteiger partial charge on any atom is -0.356 e. The summed E-state index contributed by atoms with van der Waals surface area (Å²) >= 11 is 4.34. The Bertz CT molecular complexity index is 933. The zero-order valence-corrected chi connectivity index (χ0v) is 17.8. The van der Waals surface area contributed by atoms with Gasteiger partial charge in [0.15, 0.2) is 4.34 Å². The van der Waals surface area contributed by atoms with Crippen LogP contribution in [0.3, 0.4) is 0 Å². The van der Waals surface area contributed by atoms with Gasteiger partial charge in [-0.25, -0.2) is 4.39 Å². The summed E-state index contributed by atoms with van der Waals surface area (Å²) in [5.74, 6) is -0.340. The first kappa shape index (κ1) is 20.6. The number of thioether (sulfide) groups is 2. The molecular formula is C19H19FN4OS3. The Balaban J connectivity index is 1.53. The van der Waals surface area contributed by atoms with Gasteiger partial charge in [-0.3, -0.25) is 4.79 Å². The molecule has 3 rings (SSSR count). The molecule has 0 radical (unpaired) electrons. The van der Waals surface area contributed by atoms with Gasteiger partial charge in [-0.1, -0.05) is 47.4 Å². The molecular weight excluding hydrogens is 415 g/mol. The molecule has 1 aromatic heterocycles. The number of benzene rings is 2. The van der Waals surface area contributed by atoms with Gasteiger partial charge in [0.1, 0.15) is 5.82 Å². The van der Waals surface area contributed by atoms with Gasteiger partial charge in [0.25, 0.3) is 0 Å².